The first-order valence-electron chi connectivity index (χ1n) is 5.16. The monoisotopic (exact) mass is 245 g/mol. The molecule has 0 heterocycles. The van der Waals surface area contributed by atoms with Crippen molar-refractivity contribution in [1.29, 1.82) is 0 Å². The minimum absolute atomic E-state index is 0.0724. The quantitative estimate of drug-likeness (QED) is 0.740. The van der Waals surface area contributed by atoms with Crippen LogP contribution < -0.4 is 4.74 Å². The number of methoxy groups -OCH3 is 1. The molecule has 4 heteroatoms. The normalized spacial score (nSPS) is 12.9. The van der Waals surface area contributed by atoms with Crippen molar-refractivity contribution in [1.82, 2.24) is 4.90 Å². The Labute approximate surface area is 101 Å². The summed E-state index contributed by atoms with van der Waals surface area (Å²) < 4.78 is 18.5. The molecule has 16 heavy (non-hydrogen) atoms. The predicted octanol–water partition coefficient (Wildman–Crippen LogP) is 3.07. The van der Waals surface area contributed by atoms with E-state index in [0.29, 0.717) is 11.6 Å². The van der Waals surface area contributed by atoms with Crippen LogP contribution in [-0.2, 0) is 0 Å². The summed E-state index contributed by atoms with van der Waals surface area (Å²) in [5.74, 6) is 0.977. The topological polar surface area (TPSA) is 12.5 Å². The van der Waals surface area contributed by atoms with Gasteiger partial charge in [0.1, 0.15) is 11.6 Å². The van der Waals surface area contributed by atoms with Crippen LogP contribution in [0.3, 0.4) is 0 Å². The van der Waals surface area contributed by atoms with Crippen LogP contribution in [-0.4, -0.2) is 32.0 Å². The third-order valence-corrected chi connectivity index (χ3v) is 2.77. The Kier molecular flexibility index (Phi) is 5.03. The van der Waals surface area contributed by atoms with Gasteiger partial charge in [-0.2, -0.15) is 0 Å². The first-order chi connectivity index (χ1) is 7.60. The van der Waals surface area contributed by atoms with Crippen molar-refractivity contribution in [3.05, 3.63) is 29.6 Å². The molecule has 0 aliphatic heterocycles. The predicted molar refractivity (Wildman–Crippen MR) is 64.7 cm³/mol. The molecule has 0 amide bonds. The van der Waals surface area contributed by atoms with Gasteiger partial charge in [0.15, 0.2) is 0 Å². The minimum Gasteiger partial charge on any atom is -0.496 e. The molecule has 0 aromatic heterocycles. The van der Waals surface area contributed by atoms with Gasteiger partial charge < -0.3 is 9.64 Å². The van der Waals surface area contributed by atoms with Crippen LogP contribution in [0.25, 0.3) is 0 Å². The molecule has 90 valence electrons. The smallest absolute Gasteiger partial charge is 0.123 e. The Morgan fingerprint density at radius 3 is 2.62 bits per heavy atom. The average Bonchev–Trinajstić information content (AvgIpc) is 2.25. The number of hydrogen-bond donors (Lipinski definition) is 0. The highest BCUT2D eigenvalue weighted by Crippen LogP contribution is 2.31. The van der Waals surface area contributed by atoms with Gasteiger partial charge >= 0.3 is 0 Å². The summed E-state index contributed by atoms with van der Waals surface area (Å²) in [5.41, 5.74) is 0.841. The van der Waals surface area contributed by atoms with Crippen LogP contribution in [0, 0.1) is 5.82 Å². The average molecular weight is 246 g/mol. The Balaban J connectivity index is 3.10. The SMILES string of the molecule is COc1ccc(F)cc1C(CCCl)N(C)C. The van der Waals surface area contributed by atoms with Crippen LogP contribution in [0.4, 0.5) is 4.39 Å². The maximum atomic E-state index is 13.2. The number of alkyl halides is 1. The fraction of sp³-hybridized carbons (Fsp3) is 0.500. The highest BCUT2D eigenvalue weighted by Gasteiger charge is 2.18. The minimum atomic E-state index is -0.253. The van der Waals surface area contributed by atoms with E-state index in [2.05, 4.69) is 0 Å². The van der Waals surface area contributed by atoms with Crippen molar-refractivity contribution >= 4 is 11.6 Å². The first kappa shape index (κ1) is 13.3. The Hall–Kier alpha value is -0.800. The number of halogens is 2. The van der Waals surface area contributed by atoms with Crippen molar-refractivity contribution in [2.75, 3.05) is 27.1 Å². The van der Waals surface area contributed by atoms with Gasteiger partial charge in [0.25, 0.3) is 0 Å². The van der Waals surface area contributed by atoms with E-state index in [0.717, 1.165) is 12.0 Å². The Bertz CT molecular complexity index is 344. The Morgan fingerprint density at radius 2 is 2.12 bits per heavy atom. The van der Waals surface area contributed by atoms with Crippen LogP contribution in [0.1, 0.15) is 18.0 Å². The maximum Gasteiger partial charge on any atom is 0.123 e. The second kappa shape index (κ2) is 6.06. The molecule has 0 saturated heterocycles. The largest absolute Gasteiger partial charge is 0.496 e. The molecule has 1 atom stereocenters. The van der Waals surface area contributed by atoms with Crippen molar-refractivity contribution in [3.63, 3.8) is 0 Å². The van der Waals surface area contributed by atoms with E-state index in [1.807, 2.05) is 19.0 Å². The molecule has 1 aromatic rings. The highest BCUT2D eigenvalue weighted by atomic mass is 35.5. The van der Waals surface area contributed by atoms with Crippen LogP contribution >= 0.6 is 11.6 Å². The molecule has 1 unspecified atom stereocenters. The Morgan fingerprint density at radius 1 is 1.44 bits per heavy atom. The first-order valence-corrected chi connectivity index (χ1v) is 5.69. The molecule has 0 bridgehead atoms. The molecule has 0 fully saturated rings. The number of hydrogen-bond acceptors (Lipinski definition) is 2. The van der Waals surface area contributed by atoms with Gasteiger partial charge in [-0.3, -0.25) is 0 Å². The van der Waals surface area contributed by atoms with Gasteiger partial charge in [-0.25, -0.2) is 4.39 Å². The summed E-state index contributed by atoms with van der Waals surface area (Å²) in [6.45, 7) is 0. The van der Waals surface area contributed by atoms with Gasteiger partial charge in [-0.15, -0.1) is 11.6 Å². The standard InChI is InChI=1S/C12H17ClFNO/c1-15(2)11(6-7-13)10-8-9(14)4-5-12(10)16-3/h4-5,8,11H,6-7H2,1-3H3. The molecule has 0 radical (unpaired) electrons. The van der Waals surface area contributed by atoms with Crippen molar-refractivity contribution in [3.8, 4) is 5.75 Å². The molecule has 0 saturated carbocycles. The van der Waals surface area contributed by atoms with Crippen LogP contribution in [0.15, 0.2) is 18.2 Å². The molecular formula is C12H17ClFNO. The fourth-order valence-electron chi connectivity index (χ4n) is 1.76. The third kappa shape index (κ3) is 3.09. The zero-order chi connectivity index (χ0) is 12.1. The van der Waals surface area contributed by atoms with E-state index in [4.69, 9.17) is 16.3 Å². The van der Waals surface area contributed by atoms with E-state index < -0.39 is 0 Å². The second-order valence-electron chi connectivity index (χ2n) is 3.84. The van der Waals surface area contributed by atoms with Crippen LogP contribution in [0.2, 0.25) is 0 Å². The maximum absolute atomic E-state index is 13.2. The van der Waals surface area contributed by atoms with E-state index in [1.165, 1.54) is 12.1 Å². The summed E-state index contributed by atoms with van der Waals surface area (Å²) in [4.78, 5) is 2.01. The summed E-state index contributed by atoms with van der Waals surface area (Å²) in [6, 6.07) is 4.63. The zero-order valence-corrected chi connectivity index (χ0v) is 10.6. The molecule has 1 rings (SSSR count). The molecule has 0 aliphatic rings. The fourth-order valence-corrected chi connectivity index (χ4v) is 1.97. The lowest BCUT2D eigenvalue weighted by Gasteiger charge is -2.25. The van der Waals surface area contributed by atoms with Crippen molar-refractivity contribution in [2.24, 2.45) is 0 Å². The lowest BCUT2D eigenvalue weighted by molar-refractivity contribution is 0.282. The number of nitrogens with zero attached hydrogens (tertiary/aromatic N) is 1. The summed E-state index contributed by atoms with van der Waals surface area (Å²) in [6.07, 6.45) is 0.758. The van der Waals surface area contributed by atoms with Gasteiger partial charge in [0.05, 0.1) is 7.11 Å². The van der Waals surface area contributed by atoms with E-state index in [1.54, 1.807) is 13.2 Å². The zero-order valence-electron chi connectivity index (χ0n) is 9.84. The van der Waals surface area contributed by atoms with Gasteiger partial charge in [-0.1, -0.05) is 0 Å². The molecule has 0 spiro atoms. The third-order valence-electron chi connectivity index (χ3n) is 2.56. The molecule has 1 aromatic carbocycles. The molecule has 0 N–H and O–H groups in total. The summed E-state index contributed by atoms with van der Waals surface area (Å²) in [7, 11) is 5.48. The summed E-state index contributed by atoms with van der Waals surface area (Å²) in [5, 5.41) is 0. The van der Waals surface area contributed by atoms with Crippen molar-refractivity contribution < 1.29 is 9.13 Å². The molecule has 2 nitrogen and oxygen atoms in total. The number of ether oxygens (including phenoxy) is 1. The highest BCUT2D eigenvalue weighted by molar-refractivity contribution is 6.17. The van der Waals surface area contributed by atoms with Gasteiger partial charge in [0, 0.05) is 17.5 Å². The van der Waals surface area contributed by atoms with E-state index in [-0.39, 0.29) is 11.9 Å². The van der Waals surface area contributed by atoms with Gasteiger partial charge in [-0.05, 0) is 38.7 Å². The molecule has 0 aliphatic carbocycles. The lowest BCUT2D eigenvalue weighted by Crippen LogP contribution is -2.21. The number of rotatable bonds is 5. The van der Waals surface area contributed by atoms with E-state index >= 15 is 0 Å². The van der Waals surface area contributed by atoms with Crippen molar-refractivity contribution in [2.45, 2.75) is 12.5 Å². The van der Waals surface area contributed by atoms with E-state index in [9.17, 15) is 4.39 Å². The van der Waals surface area contributed by atoms with Gasteiger partial charge in [0.2, 0.25) is 0 Å². The lowest BCUT2D eigenvalue weighted by atomic mass is 10.0. The second-order valence-corrected chi connectivity index (χ2v) is 4.22. The number of benzene rings is 1. The molecular weight excluding hydrogens is 229 g/mol. The summed E-state index contributed by atoms with van der Waals surface area (Å²) >= 11 is 5.76. The van der Waals surface area contributed by atoms with Crippen LogP contribution in [0.5, 0.6) is 5.75 Å².